The second-order valence-electron chi connectivity index (χ2n) is 8.19. The van der Waals surface area contributed by atoms with Crippen molar-refractivity contribution >= 4 is 23.5 Å². The molecule has 0 aliphatic carbocycles. The number of hydrogen-bond donors (Lipinski definition) is 1. The number of aromatic nitrogens is 1. The van der Waals surface area contributed by atoms with Gasteiger partial charge in [0.05, 0.1) is 24.3 Å². The van der Waals surface area contributed by atoms with Gasteiger partial charge in [-0.1, -0.05) is 19.9 Å². The Morgan fingerprint density at radius 1 is 1.26 bits per heavy atom. The maximum Gasteiger partial charge on any atom is 0.412 e. The first-order chi connectivity index (χ1) is 15.0. The molecule has 31 heavy (non-hydrogen) atoms. The van der Waals surface area contributed by atoms with Crippen molar-refractivity contribution in [3.05, 3.63) is 78.0 Å². The fourth-order valence-electron chi connectivity index (χ4n) is 3.81. The van der Waals surface area contributed by atoms with Crippen LogP contribution in [0, 0.1) is 0 Å². The molecule has 0 bridgehead atoms. The lowest BCUT2D eigenvalue weighted by atomic mass is 9.87. The number of nitrogens with one attached hydrogen (secondary N) is 1. The van der Waals surface area contributed by atoms with Crippen molar-refractivity contribution in [1.82, 2.24) is 10.3 Å². The number of thioether (sulfide) groups is 1. The number of amides is 1. The summed E-state index contributed by atoms with van der Waals surface area (Å²) in [7, 11) is 0. The zero-order valence-electron chi connectivity index (χ0n) is 17.8. The van der Waals surface area contributed by atoms with E-state index in [4.69, 9.17) is 9.15 Å². The van der Waals surface area contributed by atoms with Crippen LogP contribution in [-0.4, -0.2) is 29.9 Å². The smallest absolute Gasteiger partial charge is 0.412 e. The van der Waals surface area contributed by atoms with E-state index in [1.807, 2.05) is 54.7 Å². The number of benzene rings is 1. The van der Waals surface area contributed by atoms with Crippen LogP contribution in [0.5, 0.6) is 5.75 Å². The molecule has 4 rings (SSSR count). The monoisotopic (exact) mass is 437 g/mol. The van der Waals surface area contributed by atoms with E-state index in [9.17, 15) is 4.79 Å². The fourth-order valence-corrected chi connectivity index (χ4v) is 4.56. The van der Waals surface area contributed by atoms with Crippen molar-refractivity contribution in [3.63, 3.8) is 0 Å². The Balaban J connectivity index is 1.31. The Kier molecular flexibility index (Phi) is 6.51. The van der Waals surface area contributed by atoms with Gasteiger partial charge < -0.3 is 19.4 Å². The molecule has 0 unspecified atom stereocenters. The topological polar surface area (TPSA) is 67.6 Å². The summed E-state index contributed by atoms with van der Waals surface area (Å²) < 4.78 is 10.8. The van der Waals surface area contributed by atoms with Crippen LogP contribution >= 0.6 is 11.8 Å². The number of anilines is 1. The van der Waals surface area contributed by atoms with Gasteiger partial charge in [-0.25, -0.2) is 4.79 Å². The Morgan fingerprint density at radius 3 is 2.94 bits per heavy atom. The number of rotatable bonds is 8. The Labute approximate surface area is 187 Å². The third-order valence-corrected chi connectivity index (χ3v) is 6.24. The average Bonchev–Trinajstić information content (AvgIpc) is 3.35. The van der Waals surface area contributed by atoms with Crippen LogP contribution in [0.3, 0.4) is 0 Å². The zero-order valence-corrected chi connectivity index (χ0v) is 18.7. The van der Waals surface area contributed by atoms with Gasteiger partial charge in [-0.2, -0.15) is 11.8 Å². The first-order valence-electron chi connectivity index (χ1n) is 10.4. The van der Waals surface area contributed by atoms with Crippen LogP contribution in [0.2, 0.25) is 0 Å². The summed E-state index contributed by atoms with van der Waals surface area (Å²) in [6.45, 7) is 6.61. The summed E-state index contributed by atoms with van der Waals surface area (Å²) in [6, 6.07) is 15.7. The largest absolute Gasteiger partial charge is 0.468 e. The third kappa shape index (κ3) is 5.41. The van der Waals surface area contributed by atoms with E-state index in [2.05, 4.69) is 29.0 Å². The number of furan rings is 1. The molecule has 0 radical (unpaired) electrons. The zero-order chi connectivity index (χ0) is 21.7. The molecule has 1 N–H and O–H groups in total. The van der Waals surface area contributed by atoms with Crippen molar-refractivity contribution in [2.75, 3.05) is 23.7 Å². The lowest BCUT2D eigenvalue weighted by Gasteiger charge is -2.22. The van der Waals surface area contributed by atoms with Gasteiger partial charge in [0.2, 0.25) is 0 Å². The van der Waals surface area contributed by atoms with Gasteiger partial charge in [-0.3, -0.25) is 4.98 Å². The highest BCUT2D eigenvalue weighted by Gasteiger charge is 2.35. The molecule has 1 amide bonds. The van der Waals surface area contributed by atoms with Crippen LogP contribution in [0.25, 0.3) is 0 Å². The molecule has 0 spiro atoms. The Morgan fingerprint density at radius 2 is 2.16 bits per heavy atom. The van der Waals surface area contributed by atoms with Crippen molar-refractivity contribution in [2.24, 2.45) is 0 Å². The van der Waals surface area contributed by atoms with Gasteiger partial charge in [0.1, 0.15) is 11.5 Å². The molecule has 3 aromatic rings. The minimum absolute atomic E-state index is 0.0392. The molecule has 0 atom stereocenters. The summed E-state index contributed by atoms with van der Waals surface area (Å²) in [5.41, 5.74) is 3.35. The minimum atomic E-state index is -0.431. The summed E-state index contributed by atoms with van der Waals surface area (Å²) >= 11 is 1.70. The van der Waals surface area contributed by atoms with Crippen LogP contribution in [0.4, 0.5) is 10.5 Å². The molecule has 0 saturated heterocycles. The number of carbonyl (C=O) groups is 1. The molecule has 3 heterocycles. The SMILES string of the molecule is CC1(C)CN(Cc2ccccn2)c2ccc(OC(=O)NCCSCc3ccco3)cc21. The standard InChI is InChI=1S/C24H27N3O3S/c1-24(2)17-27(15-18-6-3-4-10-25-18)22-9-8-19(14-21(22)24)30-23(28)26-11-13-31-16-20-7-5-12-29-20/h3-10,12,14H,11,13,15-17H2,1-2H3,(H,26,28). The molecule has 1 aliphatic rings. The molecule has 0 fully saturated rings. The average molecular weight is 438 g/mol. The molecular formula is C24H27N3O3S. The maximum atomic E-state index is 12.2. The van der Waals surface area contributed by atoms with Gasteiger partial charge in [0, 0.05) is 36.1 Å². The number of fused-ring (bicyclic) bond motifs is 1. The second kappa shape index (κ2) is 9.47. The van der Waals surface area contributed by atoms with Gasteiger partial charge in [0.15, 0.2) is 0 Å². The summed E-state index contributed by atoms with van der Waals surface area (Å²) in [5, 5.41) is 2.81. The highest BCUT2D eigenvalue weighted by molar-refractivity contribution is 7.98. The molecule has 6 nitrogen and oxygen atoms in total. The quantitative estimate of drug-likeness (QED) is 0.501. The molecule has 162 valence electrons. The number of hydrogen-bond acceptors (Lipinski definition) is 6. The molecule has 1 aliphatic heterocycles. The molecular weight excluding hydrogens is 410 g/mol. The van der Waals surface area contributed by atoms with Crippen LogP contribution in [0.15, 0.2) is 65.4 Å². The first kappa shape index (κ1) is 21.3. The van der Waals surface area contributed by atoms with E-state index in [-0.39, 0.29) is 5.41 Å². The molecule has 7 heteroatoms. The predicted molar refractivity (Wildman–Crippen MR) is 124 cm³/mol. The van der Waals surface area contributed by atoms with E-state index in [0.29, 0.717) is 12.3 Å². The fraction of sp³-hybridized carbons (Fsp3) is 0.333. The van der Waals surface area contributed by atoms with Gasteiger partial charge in [-0.05, 0) is 48.0 Å². The Hall–Kier alpha value is -2.93. The molecule has 2 aromatic heterocycles. The third-order valence-electron chi connectivity index (χ3n) is 5.25. The van der Waals surface area contributed by atoms with E-state index >= 15 is 0 Å². The number of nitrogens with zero attached hydrogens (tertiary/aromatic N) is 2. The van der Waals surface area contributed by atoms with Crippen LogP contribution < -0.4 is 15.0 Å². The maximum absolute atomic E-state index is 12.2. The highest BCUT2D eigenvalue weighted by Crippen LogP contribution is 2.42. The number of carbonyl (C=O) groups excluding carboxylic acids is 1. The summed E-state index contributed by atoms with van der Waals surface area (Å²) in [5.74, 6) is 3.08. The number of ether oxygens (including phenoxy) is 1. The lowest BCUT2D eigenvalue weighted by molar-refractivity contribution is 0.201. The van der Waals surface area contributed by atoms with E-state index in [0.717, 1.165) is 41.7 Å². The van der Waals surface area contributed by atoms with Crippen molar-refractivity contribution in [2.45, 2.75) is 31.6 Å². The lowest BCUT2D eigenvalue weighted by Crippen LogP contribution is -2.29. The van der Waals surface area contributed by atoms with Gasteiger partial charge in [0.25, 0.3) is 0 Å². The predicted octanol–water partition coefficient (Wildman–Crippen LogP) is 4.99. The normalized spacial score (nSPS) is 14.3. The minimum Gasteiger partial charge on any atom is -0.468 e. The second-order valence-corrected chi connectivity index (χ2v) is 9.29. The summed E-state index contributed by atoms with van der Waals surface area (Å²) in [4.78, 5) is 19.0. The highest BCUT2D eigenvalue weighted by atomic mass is 32.2. The van der Waals surface area contributed by atoms with Crippen molar-refractivity contribution in [1.29, 1.82) is 0 Å². The molecule has 1 aromatic carbocycles. The summed E-state index contributed by atoms with van der Waals surface area (Å²) in [6.07, 6.45) is 3.06. The number of pyridine rings is 1. The van der Waals surface area contributed by atoms with E-state index in [1.165, 1.54) is 5.56 Å². The van der Waals surface area contributed by atoms with Crippen LogP contribution in [-0.2, 0) is 17.7 Å². The van der Waals surface area contributed by atoms with Crippen LogP contribution in [0.1, 0.15) is 30.9 Å². The van der Waals surface area contributed by atoms with E-state index < -0.39 is 6.09 Å². The molecule has 0 saturated carbocycles. The van der Waals surface area contributed by atoms with Crippen molar-refractivity contribution < 1.29 is 13.9 Å². The first-order valence-corrected chi connectivity index (χ1v) is 11.5. The van der Waals surface area contributed by atoms with Gasteiger partial charge >= 0.3 is 6.09 Å². The van der Waals surface area contributed by atoms with Gasteiger partial charge in [-0.15, -0.1) is 0 Å². The Bertz CT molecular complexity index is 1010. The van der Waals surface area contributed by atoms with Crippen molar-refractivity contribution in [3.8, 4) is 5.75 Å². The van der Waals surface area contributed by atoms with E-state index in [1.54, 1.807) is 18.0 Å².